The Hall–Kier alpha value is -1.99. The highest BCUT2D eigenvalue weighted by molar-refractivity contribution is 7.21. The van der Waals surface area contributed by atoms with Crippen molar-refractivity contribution in [1.29, 1.82) is 0 Å². The molecule has 2 aromatic rings. The van der Waals surface area contributed by atoms with Gasteiger partial charge < -0.3 is 14.2 Å². The van der Waals surface area contributed by atoms with Crippen LogP contribution < -0.4 is 0 Å². The summed E-state index contributed by atoms with van der Waals surface area (Å²) in [6, 6.07) is 0. The van der Waals surface area contributed by atoms with E-state index in [1.165, 1.54) is 23.3 Å². The second-order valence-electron chi connectivity index (χ2n) is 7.36. The van der Waals surface area contributed by atoms with Gasteiger partial charge in [0.2, 0.25) is 0 Å². The molecule has 28 heavy (non-hydrogen) atoms. The minimum absolute atomic E-state index is 0.280. The Morgan fingerprint density at radius 3 is 2.75 bits per heavy atom. The van der Waals surface area contributed by atoms with Crippen molar-refractivity contribution in [3.05, 3.63) is 21.7 Å². The summed E-state index contributed by atoms with van der Waals surface area (Å²) in [5.74, 6) is -0.369. The van der Waals surface area contributed by atoms with Gasteiger partial charge in [-0.1, -0.05) is 13.3 Å². The highest BCUT2D eigenvalue weighted by Crippen LogP contribution is 2.44. The van der Waals surface area contributed by atoms with Crippen molar-refractivity contribution >= 4 is 39.6 Å². The number of aryl methyl sites for hydroxylation is 1. The molecule has 0 atom stereocenters. The summed E-state index contributed by atoms with van der Waals surface area (Å²) < 4.78 is 16.7. The molecule has 7 heteroatoms. The van der Waals surface area contributed by atoms with Crippen LogP contribution in [0.25, 0.3) is 10.2 Å². The summed E-state index contributed by atoms with van der Waals surface area (Å²) in [5.41, 5.74) is 3.68. The maximum atomic E-state index is 12.6. The van der Waals surface area contributed by atoms with Crippen molar-refractivity contribution in [3.63, 3.8) is 0 Å². The lowest BCUT2D eigenvalue weighted by molar-refractivity contribution is -0.0401. The highest BCUT2D eigenvalue weighted by atomic mass is 32.1. The van der Waals surface area contributed by atoms with Crippen LogP contribution in [0.15, 0.2) is 4.99 Å². The number of thiophene rings is 1. The average Bonchev–Trinajstić information content (AvgIpc) is 3.00. The Morgan fingerprint density at radius 1 is 1.29 bits per heavy atom. The Morgan fingerprint density at radius 2 is 2.07 bits per heavy atom. The second kappa shape index (κ2) is 8.57. The number of hydrogen-bond donors (Lipinski definition) is 0. The first kappa shape index (κ1) is 20.7. The summed E-state index contributed by atoms with van der Waals surface area (Å²) in [6.07, 6.45) is 4.03. The summed E-state index contributed by atoms with van der Waals surface area (Å²) in [7, 11) is 0. The zero-order chi connectivity index (χ0) is 20.3. The summed E-state index contributed by atoms with van der Waals surface area (Å²) in [6.45, 7) is 11.4. The Bertz CT molecular complexity index is 902. The van der Waals surface area contributed by atoms with Crippen molar-refractivity contribution < 1.29 is 19.0 Å². The van der Waals surface area contributed by atoms with E-state index in [2.05, 4.69) is 25.8 Å². The molecule has 0 radical (unpaired) electrons. The zero-order valence-electron chi connectivity index (χ0n) is 17.3. The number of aromatic nitrogens is 1. The second-order valence-corrected chi connectivity index (χ2v) is 8.36. The van der Waals surface area contributed by atoms with E-state index in [1.807, 2.05) is 6.92 Å². The number of fused-ring (bicyclic) bond motifs is 3. The van der Waals surface area contributed by atoms with Crippen LogP contribution >= 0.6 is 11.3 Å². The zero-order valence-corrected chi connectivity index (χ0v) is 18.1. The SMILES string of the molecule is CCCc1nc2sc(C(=O)OCC)c(N=COCC)c2c2c1COC(C)(C)C2. The van der Waals surface area contributed by atoms with Gasteiger partial charge in [0.15, 0.2) is 6.40 Å². The van der Waals surface area contributed by atoms with E-state index in [4.69, 9.17) is 19.2 Å². The van der Waals surface area contributed by atoms with E-state index in [-0.39, 0.29) is 11.6 Å². The number of carbonyl (C=O) groups excluding carboxylic acids is 1. The van der Waals surface area contributed by atoms with Crippen LogP contribution in [0.2, 0.25) is 0 Å². The van der Waals surface area contributed by atoms with Gasteiger partial charge in [0.25, 0.3) is 0 Å². The molecule has 0 N–H and O–H groups in total. The van der Waals surface area contributed by atoms with Gasteiger partial charge in [-0.25, -0.2) is 14.8 Å². The smallest absolute Gasteiger partial charge is 0.350 e. The Kier molecular flexibility index (Phi) is 6.35. The minimum atomic E-state index is -0.369. The lowest BCUT2D eigenvalue weighted by Gasteiger charge is -2.33. The fourth-order valence-corrected chi connectivity index (χ4v) is 4.52. The normalized spacial score (nSPS) is 15.8. The van der Waals surface area contributed by atoms with E-state index in [0.29, 0.717) is 30.4 Å². The van der Waals surface area contributed by atoms with E-state index in [1.54, 1.807) is 6.92 Å². The molecule has 0 bridgehead atoms. The first-order valence-electron chi connectivity index (χ1n) is 9.84. The van der Waals surface area contributed by atoms with Crippen LogP contribution in [0.4, 0.5) is 5.69 Å². The van der Waals surface area contributed by atoms with Gasteiger partial charge in [-0.3, -0.25) is 0 Å². The monoisotopic (exact) mass is 404 g/mol. The molecule has 1 aliphatic heterocycles. The number of nitrogens with zero attached hydrogens (tertiary/aromatic N) is 2. The number of esters is 1. The van der Waals surface area contributed by atoms with Crippen LogP contribution in [-0.4, -0.2) is 36.2 Å². The van der Waals surface area contributed by atoms with Crippen molar-refractivity contribution in [2.24, 2.45) is 4.99 Å². The van der Waals surface area contributed by atoms with Crippen LogP contribution in [-0.2, 0) is 33.7 Å². The Balaban J connectivity index is 2.28. The van der Waals surface area contributed by atoms with E-state index in [9.17, 15) is 4.79 Å². The van der Waals surface area contributed by atoms with E-state index < -0.39 is 0 Å². The predicted molar refractivity (Wildman–Crippen MR) is 112 cm³/mol. The first-order chi connectivity index (χ1) is 13.4. The van der Waals surface area contributed by atoms with E-state index in [0.717, 1.165) is 40.7 Å². The molecule has 3 rings (SSSR count). The molecule has 0 spiro atoms. The summed E-state index contributed by atoms with van der Waals surface area (Å²) in [5, 5.41) is 0.926. The third kappa shape index (κ3) is 4.05. The van der Waals surface area contributed by atoms with Crippen LogP contribution in [0.5, 0.6) is 0 Å². The number of hydrogen-bond acceptors (Lipinski definition) is 7. The number of carbonyl (C=O) groups is 1. The topological polar surface area (TPSA) is 70.0 Å². The van der Waals surface area contributed by atoms with Crippen molar-refractivity contribution in [2.75, 3.05) is 13.2 Å². The standard InChI is InChI=1S/C21H28N2O4S/c1-6-9-15-14-11-27-21(4,5)10-13(14)16-17(22-12-25-7-2)18(20(24)26-8-3)28-19(16)23-15/h12H,6-11H2,1-5H3. The van der Waals surface area contributed by atoms with Crippen molar-refractivity contribution in [1.82, 2.24) is 4.98 Å². The molecule has 3 heterocycles. The lowest BCUT2D eigenvalue weighted by atomic mass is 9.88. The maximum absolute atomic E-state index is 12.6. The molecule has 2 aromatic heterocycles. The van der Waals surface area contributed by atoms with Crippen LogP contribution in [0, 0.1) is 0 Å². The molecule has 0 aliphatic carbocycles. The third-order valence-corrected chi connectivity index (χ3v) is 5.75. The number of ether oxygens (including phenoxy) is 3. The quantitative estimate of drug-likeness (QED) is 0.370. The van der Waals surface area contributed by atoms with Gasteiger partial charge in [-0.05, 0) is 39.7 Å². The lowest BCUT2D eigenvalue weighted by Crippen LogP contribution is -2.32. The summed E-state index contributed by atoms with van der Waals surface area (Å²) >= 11 is 1.35. The molecule has 0 saturated carbocycles. The number of pyridine rings is 1. The molecule has 0 aromatic carbocycles. The predicted octanol–water partition coefficient (Wildman–Crippen LogP) is 4.97. The van der Waals surface area contributed by atoms with E-state index >= 15 is 0 Å². The molecule has 1 aliphatic rings. The molecule has 0 fully saturated rings. The fraction of sp³-hybridized carbons (Fsp3) is 0.571. The Labute approximate surface area is 169 Å². The van der Waals surface area contributed by atoms with Crippen LogP contribution in [0.3, 0.4) is 0 Å². The van der Waals surface area contributed by atoms with Gasteiger partial charge in [0, 0.05) is 23.1 Å². The molecular formula is C21H28N2O4S. The molecule has 0 saturated heterocycles. The van der Waals surface area contributed by atoms with Crippen molar-refractivity contribution in [2.45, 2.75) is 66.1 Å². The molecule has 0 amide bonds. The number of rotatable bonds is 7. The van der Waals surface area contributed by atoms with Crippen molar-refractivity contribution in [3.8, 4) is 0 Å². The third-order valence-electron chi connectivity index (χ3n) is 4.70. The highest BCUT2D eigenvalue weighted by Gasteiger charge is 2.33. The van der Waals surface area contributed by atoms with Gasteiger partial charge >= 0.3 is 5.97 Å². The first-order valence-corrected chi connectivity index (χ1v) is 10.7. The van der Waals surface area contributed by atoms with Gasteiger partial charge in [-0.2, -0.15) is 0 Å². The number of aliphatic imine (C=N–C) groups is 1. The minimum Gasteiger partial charge on any atom is -0.483 e. The fourth-order valence-electron chi connectivity index (χ4n) is 3.45. The molecule has 152 valence electrons. The van der Waals surface area contributed by atoms with Gasteiger partial charge in [-0.15, -0.1) is 11.3 Å². The van der Waals surface area contributed by atoms with Gasteiger partial charge in [0.05, 0.1) is 25.4 Å². The van der Waals surface area contributed by atoms with Gasteiger partial charge in [0.1, 0.15) is 15.4 Å². The van der Waals surface area contributed by atoms with Crippen LogP contribution in [0.1, 0.15) is 67.5 Å². The average molecular weight is 405 g/mol. The largest absolute Gasteiger partial charge is 0.483 e. The molecule has 6 nitrogen and oxygen atoms in total. The molecular weight excluding hydrogens is 376 g/mol. The molecule has 0 unspecified atom stereocenters. The maximum Gasteiger partial charge on any atom is 0.350 e. The summed E-state index contributed by atoms with van der Waals surface area (Å²) in [4.78, 5) is 23.3.